The monoisotopic (exact) mass is 223 g/mol. The van der Waals surface area contributed by atoms with Gasteiger partial charge in [-0.15, -0.1) is 11.8 Å². The Kier molecular flexibility index (Phi) is 3.22. The van der Waals surface area contributed by atoms with E-state index in [-0.39, 0.29) is 0 Å². The minimum Gasteiger partial charge on any atom is -0.496 e. The van der Waals surface area contributed by atoms with E-state index in [9.17, 15) is 0 Å². The molecule has 0 aromatic heterocycles. The molecule has 0 aliphatic carbocycles. The highest BCUT2D eigenvalue weighted by molar-refractivity contribution is 8.00. The van der Waals surface area contributed by atoms with Crippen LogP contribution in [0.2, 0.25) is 0 Å². The Labute approximate surface area is 95.4 Å². The number of hydrogen-bond acceptors (Lipinski definition) is 3. The summed E-state index contributed by atoms with van der Waals surface area (Å²) in [4.78, 5) is 1.33. The average molecular weight is 223 g/mol. The van der Waals surface area contributed by atoms with Crippen LogP contribution in [0.1, 0.15) is 18.4 Å². The fraction of sp³-hybridized carbons (Fsp3) is 0.500. The Balaban J connectivity index is 2.37. The van der Waals surface area contributed by atoms with Crippen molar-refractivity contribution in [2.75, 3.05) is 20.7 Å². The number of fused-ring (bicyclic) bond motifs is 1. The fourth-order valence-electron chi connectivity index (χ4n) is 2.13. The number of thioether (sulfide) groups is 1. The van der Waals surface area contributed by atoms with E-state index >= 15 is 0 Å². The van der Waals surface area contributed by atoms with Crippen LogP contribution < -0.4 is 10.1 Å². The lowest BCUT2D eigenvalue weighted by Gasteiger charge is -2.14. The van der Waals surface area contributed by atoms with E-state index < -0.39 is 0 Å². The van der Waals surface area contributed by atoms with Gasteiger partial charge in [-0.2, -0.15) is 0 Å². The third kappa shape index (κ3) is 1.86. The van der Waals surface area contributed by atoms with Gasteiger partial charge in [0.25, 0.3) is 0 Å². The molecule has 1 aliphatic heterocycles. The molecule has 1 heterocycles. The van der Waals surface area contributed by atoms with Crippen molar-refractivity contribution in [1.82, 2.24) is 5.32 Å². The molecular formula is C12H17NOS. The molecule has 0 spiro atoms. The number of rotatable bonds is 3. The van der Waals surface area contributed by atoms with Gasteiger partial charge in [-0.3, -0.25) is 0 Å². The van der Waals surface area contributed by atoms with Crippen LogP contribution in [0.3, 0.4) is 0 Å². The quantitative estimate of drug-likeness (QED) is 0.850. The van der Waals surface area contributed by atoms with Gasteiger partial charge >= 0.3 is 0 Å². The maximum atomic E-state index is 5.39. The summed E-state index contributed by atoms with van der Waals surface area (Å²) in [6.07, 6.45) is 0. The van der Waals surface area contributed by atoms with Crippen LogP contribution in [-0.4, -0.2) is 26.0 Å². The largest absolute Gasteiger partial charge is 0.496 e. The molecule has 2 unspecified atom stereocenters. The van der Waals surface area contributed by atoms with Crippen molar-refractivity contribution in [3.8, 4) is 5.75 Å². The summed E-state index contributed by atoms with van der Waals surface area (Å²) in [7, 11) is 3.75. The van der Waals surface area contributed by atoms with Crippen LogP contribution in [0.15, 0.2) is 23.1 Å². The third-order valence-corrected chi connectivity index (χ3v) is 4.30. The van der Waals surface area contributed by atoms with Gasteiger partial charge in [0.1, 0.15) is 5.75 Å². The summed E-state index contributed by atoms with van der Waals surface area (Å²) in [6.45, 7) is 3.32. The van der Waals surface area contributed by atoms with Crippen LogP contribution in [-0.2, 0) is 0 Å². The SMILES string of the molecule is CNCC1c2cccc(OC)c2SC1C. The number of nitrogens with one attached hydrogen (secondary N) is 1. The summed E-state index contributed by atoms with van der Waals surface area (Å²) in [5.74, 6) is 1.62. The van der Waals surface area contributed by atoms with E-state index in [4.69, 9.17) is 4.74 Å². The van der Waals surface area contributed by atoms with Crippen LogP contribution >= 0.6 is 11.8 Å². The minimum absolute atomic E-state index is 0.602. The van der Waals surface area contributed by atoms with Crippen molar-refractivity contribution < 1.29 is 4.74 Å². The van der Waals surface area contributed by atoms with Gasteiger partial charge in [-0.25, -0.2) is 0 Å². The van der Waals surface area contributed by atoms with E-state index in [1.165, 1.54) is 10.5 Å². The lowest BCUT2D eigenvalue weighted by atomic mass is 9.96. The fourth-order valence-corrected chi connectivity index (χ4v) is 3.53. The van der Waals surface area contributed by atoms with Crippen molar-refractivity contribution in [3.05, 3.63) is 23.8 Å². The summed E-state index contributed by atoms with van der Waals surface area (Å²) in [6, 6.07) is 6.34. The molecule has 0 saturated carbocycles. The number of methoxy groups -OCH3 is 1. The second-order valence-electron chi connectivity index (χ2n) is 3.87. The maximum Gasteiger partial charge on any atom is 0.132 e. The topological polar surface area (TPSA) is 21.3 Å². The second kappa shape index (κ2) is 4.45. The van der Waals surface area contributed by atoms with E-state index in [0.717, 1.165) is 12.3 Å². The molecule has 1 aromatic carbocycles. The molecule has 1 aromatic rings. The third-order valence-electron chi connectivity index (χ3n) is 2.92. The molecular weight excluding hydrogens is 206 g/mol. The highest BCUT2D eigenvalue weighted by Crippen LogP contribution is 2.49. The molecule has 0 radical (unpaired) electrons. The number of ether oxygens (including phenoxy) is 1. The van der Waals surface area contributed by atoms with Crippen molar-refractivity contribution >= 4 is 11.8 Å². The molecule has 0 bridgehead atoms. The Morgan fingerprint density at radius 2 is 2.27 bits per heavy atom. The molecule has 2 rings (SSSR count). The zero-order valence-electron chi connectivity index (χ0n) is 9.41. The molecule has 1 N–H and O–H groups in total. The van der Waals surface area contributed by atoms with E-state index in [1.807, 2.05) is 24.9 Å². The zero-order valence-corrected chi connectivity index (χ0v) is 10.2. The van der Waals surface area contributed by atoms with E-state index in [2.05, 4.69) is 24.4 Å². The van der Waals surface area contributed by atoms with Crippen molar-refractivity contribution in [2.24, 2.45) is 0 Å². The molecule has 2 atom stereocenters. The van der Waals surface area contributed by atoms with Crippen LogP contribution in [0.4, 0.5) is 0 Å². The molecule has 2 nitrogen and oxygen atoms in total. The van der Waals surface area contributed by atoms with Gasteiger partial charge in [0.15, 0.2) is 0 Å². The van der Waals surface area contributed by atoms with Gasteiger partial charge in [-0.1, -0.05) is 19.1 Å². The van der Waals surface area contributed by atoms with Gasteiger partial charge in [0.2, 0.25) is 0 Å². The number of likely N-dealkylation sites (N-methyl/N-ethyl adjacent to an activating group) is 1. The molecule has 82 valence electrons. The predicted octanol–water partition coefficient (Wildman–Crippen LogP) is 2.49. The van der Waals surface area contributed by atoms with Crippen LogP contribution in [0, 0.1) is 0 Å². The smallest absolute Gasteiger partial charge is 0.132 e. The predicted molar refractivity (Wildman–Crippen MR) is 65.0 cm³/mol. The minimum atomic E-state index is 0.602. The standard InChI is InChI=1S/C12H17NOS/c1-8-10(7-13-2)9-5-4-6-11(14-3)12(9)15-8/h4-6,8,10,13H,7H2,1-3H3. The lowest BCUT2D eigenvalue weighted by molar-refractivity contribution is 0.403. The number of hydrogen-bond donors (Lipinski definition) is 1. The summed E-state index contributed by atoms with van der Waals surface area (Å²) in [5, 5.41) is 3.89. The van der Waals surface area contributed by atoms with Crippen molar-refractivity contribution in [3.63, 3.8) is 0 Å². The summed E-state index contributed by atoms with van der Waals surface area (Å²) >= 11 is 1.93. The Hall–Kier alpha value is -0.670. The highest BCUT2D eigenvalue weighted by atomic mass is 32.2. The van der Waals surface area contributed by atoms with Gasteiger partial charge in [-0.05, 0) is 18.7 Å². The Morgan fingerprint density at radius 1 is 1.47 bits per heavy atom. The normalized spacial score (nSPS) is 23.9. The Morgan fingerprint density at radius 3 is 2.93 bits per heavy atom. The first kappa shape index (κ1) is 10.8. The van der Waals surface area contributed by atoms with Gasteiger partial charge < -0.3 is 10.1 Å². The van der Waals surface area contributed by atoms with Crippen molar-refractivity contribution in [1.29, 1.82) is 0 Å². The second-order valence-corrected chi connectivity index (χ2v) is 5.25. The Bertz CT molecular complexity index is 353. The van der Waals surface area contributed by atoms with Gasteiger partial charge in [0.05, 0.1) is 12.0 Å². The highest BCUT2D eigenvalue weighted by Gasteiger charge is 2.31. The van der Waals surface area contributed by atoms with Crippen LogP contribution in [0.25, 0.3) is 0 Å². The van der Waals surface area contributed by atoms with E-state index in [1.54, 1.807) is 7.11 Å². The summed E-state index contributed by atoms with van der Waals surface area (Å²) < 4.78 is 5.39. The molecule has 1 aliphatic rings. The maximum absolute atomic E-state index is 5.39. The van der Waals surface area contributed by atoms with Crippen molar-refractivity contribution in [2.45, 2.75) is 23.0 Å². The zero-order chi connectivity index (χ0) is 10.8. The molecule has 3 heteroatoms. The van der Waals surface area contributed by atoms with Gasteiger partial charge in [0, 0.05) is 17.7 Å². The molecule has 0 saturated heterocycles. The summed E-state index contributed by atoms with van der Waals surface area (Å²) in [5.41, 5.74) is 1.43. The molecule has 0 amide bonds. The molecule has 15 heavy (non-hydrogen) atoms. The van der Waals surface area contributed by atoms with Crippen LogP contribution in [0.5, 0.6) is 5.75 Å². The average Bonchev–Trinajstić information content (AvgIpc) is 2.56. The first-order valence-corrected chi connectivity index (χ1v) is 6.14. The van der Waals surface area contributed by atoms with E-state index in [0.29, 0.717) is 11.2 Å². The molecule has 0 fully saturated rings. The number of benzene rings is 1. The lowest BCUT2D eigenvalue weighted by Crippen LogP contribution is -2.21. The first-order chi connectivity index (χ1) is 7.27. The first-order valence-electron chi connectivity index (χ1n) is 5.26.